The molecule has 0 fully saturated rings. The molecular formula is C18H30N2O2. The van der Waals surface area contributed by atoms with E-state index in [2.05, 4.69) is 37.5 Å². The molecule has 0 atom stereocenters. The normalized spacial score (nSPS) is 11.9. The van der Waals surface area contributed by atoms with Crippen molar-refractivity contribution >= 4 is 11.8 Å². The van der Waals surface area contributed by atoms with Crippen molar-refractivity contribution in [2.24, 2.45) is 5.41 Å². The highest BCUT2D eigenvalue weighted by molar-refractivity contribution is 5.67. The number of benzene rings is 1. The number of hydrogen-bond donors (Lipinski definition) is 2. The van der Waals surface area contributed by atoms with Gasteiger partial charge in [0.15, 0.2) is 0 Å². The summed E-state index contributed by atoms with van der Waals surface area (Å²) in [5.74, 6) is 0. The van der Waals surface area contributed by atoms with Crippen molar-refractivity contribution in [2.75, 3.05) is 11.9 Å². The third-order valence-corrected chi connectivity index (χ3v) is 2.97. The maximum atomic E-state index is 11.7. The van der Waals surface area contributed by atoms with E-state index in [1.54, 1.807) is 0 Å². The van der Waals surface area contributed by atoms with Gasteiger partial charge in [-0.15, -0.1) is 0 Å². The standard InChI is InChI=1S/C18H30N2O2/c1-17(2,3)10-11-19-15-9-7-8-14(12-15)13-20-16(21)22-18(4,5)6/h7-9,12,19H,10-11,13H2,1-6H3,(H,20,21). The van der Waals surface area contributed by atoms with Crippen LogP contribution in [0.15, 0.2) is 24.3 Å². The number of carbonyl (C=O) groups is 1. The van der Waals surface area contributed by atoms with Gasteiger partial charge in [-0.3, -0.25) is 0 Å². The average molecular weight is 306 g/mol. The first-order valence-corrected chi connectivity index (χ1v) is 7.85. The molecule has 1 aromatic carbocycles. The van der Waals surface area contributed by atoms with Gasteiger partial charge in [0.2, 0.25) is 0 Å². The molecule has 0 aliphatic heterocycles. The van der Waals surface area contributed by atoms with Crippen molar-refractivity contribution in [1.82, 2.24) is 5.32 Å². The number of nitrogens with one attached hydrogen (secondary N) is 2. The Hall–Kier alpha value is -1.71. The van der Waals surface area contributed by atoms with E-state index in [1.165, 1.54) is 0 Å². The highest BCUT2D eigenvalue weighted by Gasteiger charge is 2.15. The zero-order valence-electron chi connectivity index (χ0n) is 14.7. The molecule has 1 amide bonds. The topological polar surface area (TPSA) is 50.4 Å². The van der Waals surface area contributed by atoms with E-state index in [4.69, 9.17) is 4.74 Å². The summed E-state index contributed by atoms with van der Waals surface area (Å²) in [7, 11) is 0. The summed E-state index contributed by atoms with van der Waals surface area (Å²) in [5, 5.41) is 6.20. The minimum absolute atomic E-state index is 0.322. The van der Waals surface area contributed by atoms with E-state index in [-0.39, 0.29) is 0 Å². The average Bonchev–Trinajstić information content (AvgIpc) is 2.33. The summed E-state index contributed by atoms with van der Waals surface area (Å²) in [4.78, 5) is 11.7. The Morgan fingerprint density at radius 3 is 2.41 bits per heavy atom. The molecule has 124 valence electrons. The van der Waals surface area contributed by atoms with Crippen LogP contribution in [0.4, 0.5) is 10.5 Å². The Morgan fingerprint density at radius 1 is 1.14 bits per heavy atom. The van der Waals surface area contributed by atoms with Gasteiger partial charge in [-0.1, -0.05) is 32.9 Å². The molecule has 0 unspecified atom stereocenters. The number of ether oxygens (including phenoxy) is 1. The van der Waals surface area contributed by atoms with Crippen LogP contribution in [0.1, 0.15) is 53.5 Å². The predicted octanol–water partition coefficient (Wildman–Crippen LogP) is 4.56. The van der Waals surface area contributed by atoms with Gasteiger partial charge in [-0.05, 0) is 50.3 Å². The molecule has 22 heavy (non-hydrogen) atoms. The number of carbonyl (C=O) groups excluding carboxylic acids is 1. The second kappa shape index (κ2) is 7.52. The molecular weight excluding hydrogens is 276 g/mol. The van der Waals surface area contributed by atoms with Crippen molar-refractivity contribution in [1.29, 1.82) is 0 Å². The summed E-state index contributed by atoms with van der Waals surface area (Å²) in [6, 6.07) is 8.08. The Kier molecular flexibility index (Phi) is 6.27. The van der Waals surface area contributed by atoms with Crippen molar-refractivity contribution in [2.45, 2.75) is 60.1 Å². The van der Waals surface area contributed by atoms with E-state index in [0.29, 0.717) is 12.0 Å². The smallest absolute Gasteiger partial charge is 0.407 e. The molecule has 0 bridgehead atoms. The summed E-state index contributed by atoms with van der Waals surface area (Å²) in [6.45, 7) is 13.7. The monoisotopic (exact) mass is 306 g/mol. The van der Waals surface area contributed by atoms with Gasteiger partial charge in [-0.2, -0.15) is 0 Å². The molecule has 2 N–H and O–H groups in total. The lowest BCUT2D eigenvalue weighted by Crippen LogP contribution is -2.32. The van der Waals surface area contributed by atoms with Crippen LogP contribution in [0.2, 0.25) is 0 Å². The van der Waals surface area contributed by atoms with Gasteiger partial charge in [0.1, 0.15) is 5.60 Å². The SMILES string of the molecule is CC(C)(C)CCNc1cccc(CNC(=O)OC(C)(C)C)c1. The number of amides is 1. The number of hydrogen-bond acceptors (Lipinski definition) is 3. The molecule has 0 aromatic heterocycles. The van der Waals surface area contributed by atoms with Crippen molar-refractivity contribution in [3.63, 3.8) is 0 Å². The van der Waals surface area contributed by atoms with Crippen molar-refractivity contribution < 1.29 is 9.53 Å². The van der Waals surface area contributed by atoms with Crippen LogP contribution in [0.25, 0.3) is 0 Å². The summed E-state index contributed by atoms with van der Waals surface area (Å²) in [5.41, 5.74) is 1.97. The first-order valence-electron chi connectivity index (χ1n) is 7.85. The van der Waals surface area contributed by atoms with Crippen molar-refractivity contribution in [3.8, 4) is 0 Å². The second-order valence-electron chi connectivity index (χ2n) is 7.79. The van der Waals surface area contributed by atoms with Crippen LogP contribution >= 0.6 is 0 Å². The Morgan fingerprint density at radius 2 is 1.82 bits per heavy atom. The zero-order valence-corrected chi connectivity index (χ0v) is 14.7. The van der Waals surface area contributed by atoms with Crippen LogP contribution < -0.4 is 10.6 Å². The van der Waals surface area contributed by atoms with E-state index in [0.717, 1.165) is 24.2 Å². The number of anilines is 1. The summed E-state index contributed by atoms with van der Waals surface area (Å²) in [6.07, 6.45) is 0.714. The van der Waals surface area contributed by atoms with E-state index < -0.39 is 11.7 Å². The Bertz CT molecular complexity index is 485. The van der Waals surface area contributed by atoms with Gasteiger partial charge in [0, 0.05) is 18.8 Å². The van der Waals surface area contributed by atoms with Gasteiger partial charge in [0.25, 0.3) is 0 Å². The molecule has 0 saturated heterocycles. The van der Waals surface area contributed by atoms with Crippen LogP contribution in [0.5, 0.6) is 0 Å². The van der Waals surface area contributed by atoms with E-state index >= 15 is 0 Å². The maximum Gasteiger partial charge on any atom is 0.407 e. The van der Waals surface area contributed by atoms with Gasteiger partial charge in [0.05, 0.1) is 0 Å². The molecule has 1 rings (SSSR count). The predicted molar refractivity (Wildman–Crippen MR) is 92.1 cm³/mol. The summed E-state index contributed by atoms with van der Waals surface area (Å²) >= 11 is 0. The largest absolute Gasteiger partial charge is 0.444 e. The number of alkyl carbamates (subject to hydrolysis) is 1. The molecule has 0 saturated carbocycles. The van der Waals surface area contributed by atoms with Gasteiger partial charge >= 0.3 is 6.09 Å². The number of rotatable bonds is 5. The molecule has 4 heteroatoms. The van der Waals surface area contributed by atoms with Crippen LogP contribution in [-0.2, 0) is 11.3 Å². The van der Waals surface area contributed by atoms with Crippen LogP contribution in [0, 0.1) is 5.41 Å². The fourth-order valence-corrected chi connectivity index (χ4v) is 1.86. The molecule has 0 spiro atoms. The molecule has 0 aliphatic carbocycles. The first-order chi connectivity index (χ1) is 10.1. The summed E-state index contributed by atoms with van der Waals surface area (Å²) < 4.78 is 5.23. The molecule has 0 heterocycles. The fourth-order valence-electron chi connectivity index (χ4n) is 1.86. The fraction of sp³-hybridized carbons (Fsp3) is 0.611. The molecule has 0 aliphatic rings. The van der Waals surface area contributed by atoms with E-state index in [9.17, 15) is 4.79 Å². The maximum absolute atomic E-state index is 11.7. The third kappa shape index (κ3) is 8.55. The van der Waals surface area contributed by atoms with Crippen LogP contribution in [0.3, 0.4) is 0 Å². The zero-order chi connectivity index (χ0) is 16.8. The molecule has 1 aromatic rings. The highest BCUT2D eigenvalue weighted by Crippen LogP contribution is 2.19. The second-order valence-corrected chi connectivity index (χ2v) is 7.79. The lowest BCUT2D eigenvalue weighted by molar-refractivity contribution is 0.0523. The van der Waals surface area contributed by atoms with Crippen LogP contribution in [-0.4, -0.2) is 18.2 Å². The van der Waals surface area contributed by atoms with E-state index in [1.807, 2.05) is 39.0 Å². The van der Waals surface area contributed by atoms with Crippen molar-refractivity contribution in [3.05, 3.63) is 29.8 Å². The van der Waals surface area contributed by atoms with Gasteiger partial charge < -0.3 is 15.4 Å². The lowest BCUT2D eigenvalue weighted by atomic mass is 9.92. The van der Waals surface area contributed by atoms with Gasteiger partial charge in [-0.25, -0.2) is 4.79 Å². The molecule has 4 nitrogen and oxygen atoms in total. The highest BCUT2D eigenvalue weighted by atomic mass is 16.6. The minimum Gasteiger partial charge on any atom is -0.444 e. The Balaban J connectivity index is 2.45. The minimum atomic E-state index is -0.472. The molecule has 0 radical (unpaired) electrons. The Labute approximate surface area is 134 Å². The quantitative estimate of drug-likeness (QED) is 0.838. The lowest BCUT2D eigenvalue weighted by Gasteiger charge is -2.20. The first kappa shape index (κ1) is 18.3. The third-order valence-electron chi connectivity index (χ3n) is 2.97.